The Morgan fingerprint density at radius 3 is 2.65 bits per heavy atom. The third-order valence-corrected chi connectivity index (χ3v) is 4.53. The van der Waals surface area contributed by atoms with Crippen LogP contribution in [0.25, 0.3) is 0 Å². The first-order chi connectivity index (χ1) is 9.47. The molecule has 0 aromatic heterocycles. The minimum atomic E-state index is -0.965. The molecule has 104 valence electrons. The zero-order chi connectivity index (χ0) is 14.7. The summed E-state index contributed by atoms with van der Waals surface area (Å²) in [5, 5.41) is 8.89. The maximum atomic E-state index is 12.9. The van der Waals surface area contributed by atoms with Crippen LogP contribution in [0.5, 0.6) is 0 Å². The predicted molar refractivity (Wildman–Crippen MR) is 81.5 cm³/mol. The molecule has 0 saturated carbocycles. The standard InChI is InChI=1S/C14H11BrFNO2S/c15-11-5-8(14(18)19)1-2-9(11)7-20-13-4-3-10(16)6-12(13)17/h1-6H,7,17H2,(H,18,19). The third kappa shape index (κ3) is 3.52. The van der Waals surface area contributed by atoms with Crippen LogP contribution in [0.3, 0.4) is 0 Å². The van der Waals surface area contributed by atoms with Crippen molar-refractivity contribution in [3.05, 3.63) is 57.8 Å². The smallest absolute Gasteiger partial charge is 0.335 e. The number of nitrogens with two attached hydrogens (primary N) is 1. The first kappa shape index (κ1) is 14.9. The fourth-order valence-corrected chi connectivity index (χ4v) is 3.26. The second-order valence-electron chi connectivity index (χ2n) is 4.08. The molecule has 0 bridgehead atoms. The Hall–Kier alpha value is -1.53. The molecule has 0 fully saturated rings. The molecule has 0 atom stereocenters. The fraction of sp³-hybridized carbons (Fsp3) is 0.0714. The van der Waals surface area contributed by atoms with Gasteiger partial charge in [-0.15, -0.1) is 11.8 Å². The molecule has 0 heterocycles. The van der Waals surface area contributed by atoms with Gasteiger partial charge in [0, 0.05) is 20.8 Å². The van der Waals surface area contributed by atoms with Crippen LogP contribution in [-0.2, 0) is 5.75 Å². The van der Waals surface area contributed by atoms with Crippen LogP contribution >= 0.6 is 27.7 Å². The van der Waals surface area contributed by atoms with Gasteiger partial charge in [0.15, 0.2) is 0 Å². The largest absolute Gasteiger partial charge is 0.478 e. The summed E-state index contributed by atoms with van der Waals surface area (Å²) in [6.07, 6.45) is 0. The number of carbonyl (C=O) groups is 1. The van der Waals surface area contributed by atoms with Gasteiger partial charge < -0.3 is 10.8 Å². The number of aromatic carboxylic acids is 1. The van der Waals surface area contributed by atoms with Crippen molar-refractivity contribution in [2.75, 3.05) is 5.73 Å². The molecule has 0 aliphatic rings. The van der Waals surface area contributed by atoms with Crippen LogP contribution in [0.4, 0.5) is 10.1 Å². The van der Waals surface area contributed by atoms with Crippen molar-refractivity contribution in [3.8, 4) is 0 Å². The van der Waals surface area contributed by atoms with E-state index in [0.29, 0.717) is 11.4 Å². The molecule has 6 heteroatoms. The van der Waals surface area contributed by atoms with Gasteiger partial charge in [0.1, 0.15) is 5.82 Å². The average Bonchev–Trinajstić information content (AvgIpc) is 2.38. The fourth-order valence-electron chi connectivity index (χ4n) is 1.60. The van der Waals surface area contributed by atoms with Crippen LogP contribution < -0.4 is 5.73 Å². The lowest BCUT2D eigenvalue weighted by Crippen LogP contribution is -1.97. The zero-order valence-electron chi connectivity index (χ0n) is 10.3. The van der Waals surface area contributed by atoms with Gasteiger partial charge in [-0.3, -0.25) is 0 Å². The SMILES string of the molecule is Nc1cc(F)ccc1SCc1ccc(C(=O)O)cc1Br. The number of hydrogen-bond donors (Lipinski definition) is 2. The van der Waals surface area contributed by atoms with Gasteiger partial charge in [-0.1, -0.05) is 22.0 Å². The first-order valence-corrected chi connectivity index (χ1v) is 7.45. The summed E-state index contributed by atoms with van der Waals surface area (Å²) >= 11 is 4.82. The molecule has 3 N–H and O–H groups in total. The van der Waals surface area contributed by atoms with E-state index in [1.807, 2.05) is 0 Å². The maximum Gasteiger partial charge on any atom is 0.335 e. The number of rotatable bonds is 4. The molecule has 0 spiro atoms. The van der Waals surface area contributed by atoms with E-state index in [-0.39, 0.29) is 11.4 Å². The molecule has 3 nitrogen and oxygen atoms in total. The first-order valence-electron chi connectivity index (χ1n) is 5.67. The molecule has 2 aromatic rings. The van der Waals surface area contributed by atoms with E-state index in [9.17, 15) is 9.18 Å². The Labute approximate surface area is 128 Å². The van der Waals surface area contributed by atoms with Gasteiger partial charge in [-0.25, -0.2) is 9.18 Å². The predicted octanol–water partition coefficient (Wildman–Crippen LogP) is 4.16. The van der Waals surface area contributed by atoms with Crippen LogP contribution in [-0.4, -0.2) is 11.1 Å². The molecule has 20 heavy (non-hydrogen) atoms. The minimum Gasteiger partial charge on any atom is -0.478 e. The number of hydrogen-bond acceptors (Lipinski definition) is 3. The molecular weight excluding hydrogens is 345 g/mol. The molecule has 0 radical (unpaired) electrons. The average molecular weight is 356 g/mol. The number of nitrogen functional groups attached to an aromatic ring is 1. The molecule has 2 rings (SSSR count). The van der Waals surface area contributed by atoms with Gasteiger partial charge in [-0.05, 0) is 35.9 Å². The number of benzene rings is 2. The number of thioether (sulfide) groups is 1. The molecule has 2 aromatic carbocycles. The van der Waals surface area contributed by atoms with Gasteiger partial charge >= 0.3 is 5.97 Å². The van der Waals surface area contributed by atoms with Crippen molar-refractivity contribution in [2.24, 2.45) is 0 Å². The second kappa shape index (κ2) is 6.28. The summed E-state index contributed by atoms with van der Waals surface area (Å²) in [5.41, 5.74) is 7.31. The molecule has 0 aliphatic heterocycles. The van der Waals surface area contributed by atoms with E-state index < -0.39 is 5.97 Å². The Kier molecular flexibility index (Phi) is 4.67. The van der Waals surface area contributed by atoms with E-state index in [1.165, 1.54) is 23.9 Å². The summed E-state index contributed by atoms with van der Waals surface area (Å²) < 4.78 is 13.7. The van der Waals surface area contributed by atoms with Crippen molar-refractivity contribution in [2.45, 2.75) is 10.6 Å². The van der Waals surface area contributed by atoms with Crippen molar-refractivity contribution in [1.82, 2.24) is 0 Å². The Morgan fingerprint density at radius 2 is 2.05 bits per heavy atom. The lowest BCUT2D eigenvalue weighted by molar-refractivity contribution is 0.0697. The molecule has 0 aliphatic carbocycles. The van der Waals surface area contributed by atoms with E-state index >= 15 is 0 Å². The Bertz CT molecular complexity index is 664. The van der Waals surface area contributed by atoms with E-state index in [4.69, 9.17) is 10.8 Å². The normalized spacial score (nSPS) is 10.5. The second-order valence-corrected chi connectivity index (χ2v) is 5.95. The monoisotopic (exact) mass is 355 g/mol. The van der Waals surface area contributed by atoms with E-state index in [1.54, 1.807) is 24.3 Å². The van der Waals surface area contributed by atoms with Gasteiger partial charge in [0.05, 0.1) is 5.56 Å². The van der Waals surface area contributed by atoms with Gasteiger partial charge in [0.2, 0.25) is 0 Å². The number of halogens is 2. The van der Waals surface area contributed by atoms with Crippen LogP contribution in [0.2, 0.25) is 0 Å². The molecular formula is C14H11BrFNO2S. The van der Waals surface area contributed by atoms with Crippen molar-refractivity contribution in [3.63, 3.8) is 0 Å². The van der Waals surface area contributed by atoms with Crippen molar-refractivity contribution < 1.29 is 14.3 Å². The maximum absolute atomic E-state index is 12.9. The molecule has 0 amide bonds. The summed E-state index contributed by atoms with van der Waals surface area (Å²) in [7, 11) is 0. The van der Waals surface area contributed by atoms with Crippen LogP contribution in [0, 0.1) is 5.82 Å². The number of carboxylic acid groups (broad SMARTS) is 1. The lowest BCUT2D eigenvalue weighted by Gasteiger charge is -2.08. The van der Waals surface area contributed by atoms with Gasteiger partial charge in [-0.2, -0.15) is 0 Å². The molecule has 0 saturated heterocycles. The highest BCUT2D eigenvalue weighted by atomic mass is 79.9. The summed E-state index contributed by atoms with van der Waals surface area (Å²) in [6.45, 7) is 0. The number of anilines is 1. The lowest BCUT2D eigenvalue weighted by atomic mass is 10.1. The van der Waals surface area contributed by atoms with Crippen molar-refractivity contribution in [1.29, 1.82) is 0 Å². The quantitative estimate of drug-likeness (QED) is 0.638. The number of carboxylic acids is 1. The zero-order valence-corrected chi connectivity index (χ0v) is 12.7. The van der Waals surface area contributed by atoms with E-state index in [2.05, 4.69) is 15.9 Å². The topological polar surface area (TPSA) is 63.3 Å². The Balaban J connectivity index is 2.13. The summed E-state index contributed by atoms with van der Waals surface area (Å²) in [4.78, 5) is 11.6. The Morgan fingerprint density at radius 1 is 1.30 bits per heavy atom. The van der Waals surface area contributed by atoms with Gasteiger partial charge in [0.25, 0.3) is 0 Å². The van der Waals surface area contributed by atoms with E-state index in [0.717, 1.165) is 14.9 Å². The van der Waals surface area contributed by atoms with Crippen LogP contribution in [0.1, 0.15) is 15.9 Å². The third-order valence-electron chi connectivity index (χ3n) is 2.66. The highest BCUT2D eigenvalue weighted by molar-refractivity contribution is 9.10. The summed E-state index contributed by atoms with van der Waals surface area (Å²) in [5.74, 6) is -0.720. The molecule has 0 unspecified atom stereocenters. The highest BCUT2D eigenvalue weighted by Crippen LogP contribution is 2.31. The summed E-state index contributed by atoms with van der Waals surface area (Å²) in [6, 6.07) is 9.14. The van der Waals surface area contributed by atoms with Crippen LogP contribution in [0.15, 0.2) is 45.8 Å². The van der Waals surface area contributed by atoms with Crippen molar-refractivity contribution >= 4 is 39.3 Å². The minimum absolute atomic E-state index is 0.229. The highest BCUT2D eigenvalue weighted by Gasteiger charge is 2.08.